The number of hydrogen-bond donors (Lipinski definition) is 1. The first kappa shape index (κ1) is 14.1. The van der Waals surface area contributed by atoms with E-state index in [0.29, 0.717) is 12.0 Å². The Bertz CT molecular complexity index is 604. The summed E-state index contributed by atoms with van der Waals surface area (Å²) in [4.78, 5) is 4.33. The number of aryl methyl sites for hydroxylation is 1. The molecule has 4 heteroatoms. The number of pyridine rings is 1. The zero-order valence-corrected chi connectivity index (χ0v) is 14.4. The molecule has 1 heterocycles. The quantitative estimate of drug-likeness (QED) is 0.715. The second kappa shape index (κ2) is 5.86. The summed E-state index contributed by atoms with van der Waals surface area (Å²) in [5.74, 6) is 0.685. The molecule has 0 amide bonds. The van der Waals surface area contributed by atoms with Gasteiger partial charge in [0.2, 0.25) is 0 Å². The van der Waals surface area contributed by atoms with Crippen molar-refractivity contribution in [3.05, 3.63) is 56.7 Å². The van der Waals surface area contributed by atoms with E-state index in [1.54, 1.807) is 0 Å². The van der Waals surface area contributed by atoms with Crippen molar-refractivity contribution in [3.63, 3.8) is 0 Å². The second-order valence-electron chi connectivity index (χ2n) is 5.39. The van der Waals surface area contributed by atoms with Gasteiger partial charge in [-0.15, -0.1) is 0 Å². The van der Waals surface area contributed by atoms with Gasteiger partial charge >= 0.3 is 0 Å². The van der Waals surface area contributed by atoms with Gasteiger partial charge in [-0.1, -0.05) is 28.1 Å². The van der Waals surface area contributed by atoms with Crippen molar-refractivity contribution >= 4 is 37.5 Å². The van der Waals surface area contributed by atoms with Crippen molar-refractivity contribution in [1.29, 1.82) is 0 Å². The molecule has 0 spiro atoms. The fraction of sp³-hybridized carbons (Fsp3) is 0.312. The van der Waals surface area contributed by atoms with Crippen molar-refractivity contribution < 1.29 is 0 Å². The number of aromatic nitrogens is 1. The molecule has 2 nitrogen and oxygen atoms in total. The Labute approximate surface area is 136 Å². The monoisotopic (exact) mass is 394 g/mol. The Morgan fingerprint density at radius 2 is 1.85 bits per heavy atom. The van der Waals surface area contributed by atoms with Gasteiger partial charge in [-0.05, 0) is 70.9 Å². The molecule has 2 aromatic rings. The largest absolute Gasteiger partial charge is 0.381 e. The summed E-state index contributed by atoms with van der Waals surface area (Å²) in [6.07, 6.45) is 4.28. The summed E-state index contributed by atoms with van der Waals surface area (Å²) in [6.45, 7) is 2.06. The van der Waals surface area contributed by atoms with E-state index in [0.717, 1.165) is 14.8 Å². The summed E-state index contributed by atoms with van der Waals surface area (Å²) in [7, 11) is 0. The van der Waals surface area contributed by atoms with Gasteiger partial charge in [-0.2, -0.15) is 0 Å². The van der Waals surface area contributed by atoms with Crippen LogP contribution in [0.15, 0.2) is 45.6 Å². The minimum absolute atomic E-state index is 0.561. The van der Waals surface area contributed by atoms with Crippen molar-refractivity contribution in [2.24, 2.45) is 0 Å². The lowest BCUT2D eigenvalue weighted by Gasteiger charge is -2.37. The van der Waals surface area contributed by atoms with Crippen LogP contribution >= 0.6 is 31.9 Å². The molecule has 0 saturated heterocycles. The van der Waals surface area contributed by atoms with Crippen LogP contribution in [-0.4, -0.2) is 11.0 Å². The molecule has 104 valence electrons. The van der Waals surface area contributed by atoms with Gasteiger partial charge in [0.1, 0.15) is 4.60 Å². The maximum Gasteiger partial charge on any atom is 0.109 e. The number of rotatable bonds is 3. The first-order valence-corrected chi connectivity index (χ1v) is 8.34. The molecule has 1 N–H and O–H groups in total. The summed E-state index contributed by atoms with van der Waals surface area (Å²) in [5.41, 5.74) is 3.72. The SMILES string of the molecule is Cc1cc(NC2CC(c3ccc(Br)cc3)C2)cnc1Br. The van der Waals surface area contributed by atoms with Crippen molar-refractivity contribution in [1.82, 2.24) is 4.98 Å². The van der Waals surface area contributed by atoms with Crippen LogP contribution in [-0.2, 0) is 0 Å². The van der Waals surface area contributed by atoms with E-state index in [-0.39, 0.29) is 0 Å². The minimum atomic E-state index is 0.561. The molecule has 1 aromatic heterocycles. The first-order valence-electron chi connectivity index (χ1n) is 6.76. The van der Waals surface area contributed by atoms with Crippen LogP contribution in [0.2, 0.25) is 0 Å². The zero-order valence-electron chi connectivity index (χ0n) is 11.2. The highest BCUT2D eigenvalue weighted by Crippen LogP contribution is 2.38. The predicted molar refractivity (Wildman–Crippen MR) is 90.2 cm³/mol. The van der Waals surface area contributed by atoms with E-state index < -0.39 is 0 Å². The third-order valence-electron chi connectivity index (χ3n) is 3.86. The van der Waals surface area contributed by atoms with Crippen LogP contribution in [0.5, 0.6) is 0 Å². The molecular weight excluding hydrogens is 380 g/mol. The molecule has 0 aliphatic heterocycles. The van der Waals surface area contributed by atoms with Crippen LogP contribution in [0.1, 0.15) is 29.9 Å². The fourth-order valence-electron chi connectivity index (χ4n) is 2.62. The summed E-state index contributed by atoms with van der Waals surface area (Å²) in [6, 6.07) is 11.4. The van der Waals surface area contributed by atoms with Gasteiger partial charge in [0, 0.05) is 10.5 Å². The van der Waals surface area contributed by atoms with Gasteiger partial charge in [-0.25, -0.2) is 4.98 Å². The minimum Gasteiger partial charge on any atom is -0.381 e. The standard InChI is InChI=1S/C16H16Br2N2/c1-10-6-15(9-19-16(10)18)20-14-7-12(8-14)11-2-4-13(17)5-3-11/h2-6,9,12,14,20H,7-8H2,1H3. The normalized spacial score (nSPS) is 21.4. The topological polar surface area (TPSA) is 24.9 Å². The fourth-order valence-corrected chi connectivity index (χ4v) is 3.10. The lowest BCUT2D eigenvalue weighted by atomic mass is 9.76. The molecule has 0 unspecified atom stereocenters. The van der Waals surface area contributed by atoms with E-state index >= 15 is 0 Å². The highest BCUT2D eigenvalue weighted by atomic mass is 79.9. The zero-order chi connectivity index (χ0) is 14.1. The van der Waals surface area contributed by atoms with Gasteiger partial charge in [0.05, 0.1) is 11.9 Å². The Morgan fingerprint density at radius 1 is 1.15 bits per heavy atom. The van der Waals surface area contributed by atoms with Crippen LogP contribution in [0.4, 0.5) is 5.69 Å². The van der Waals surface area contributed by atoms with Crippen LogP contribution in [0.25, 0.3) is 0 Å². The number of halogens is 2. The van der Waals surface area contributed by atoms with Crippen LogP contribution in [0, 0.1) is 6.92 Å². The van der Waals surface area contributed by atoms with Crippen molar-refractivity contribution in [3.8, 4) is 0 Å². The average molecular weight is 396 g/mol. The highest BCUT2D eigenvalue weighted by Gasteiger charge is 2.30. The van der Waals surface area contributed by atoms with Gasteiger partial charge in [0.15, 0.2) is 0 Å². The molecule has 1 saturated carbocycles. The predicted octanol–water partition coefficient (Wildman–Crippen LogP) is 5.27. The molecule has 1 aromatic carbocycles. The molecule has 0 bridgehead atoms. The molecule has 0 atom stereocenters. The Kier molecular flexibility index (Phi) is 4.13. The summed E-state index contributed by atoms with van der Waals surface area (Å²) < 4.78 is 2.07. The van der Waals surface area contributed by atoms with E-state index in [9.17, 15) is 0 Å². The van der Waals surface area contributed by atoms with Gasteiger partial charge in [-0.3, -0.25) is 0 Å². The molecule has 3 rings (SSSR count). The number of anilines is 1. The van der Waals surface area contributed by atoms with E-state index in [2.05, 4.69) is 79.4 Å². The van der Waals surface area contributed by atoms with Gasteiger partial charge < -0.3 is 5.32 Å². The molecule has 1 aliphatic rings. The maximum atomic E-state index is 4.33. The Balaban J connectivity index is 1.58. The van der Waals surface area contributed by atoms with E-state index in [1.807, 2.05) is 6.20 Å². The number of hydrogen-bond acceptors (Lipinski definition) is 2. The van der Waals surface area contributed by atoms with Crippen LogP contribution in [0.3, 0.4) is 0 Å². The second-order valence-corrected chi connectivity index (χ2v) is 7.06. The average Bonchev–Trinajstić information content (AvgIpc) is 2.39. The van der Waals surface area contributed by atoms with E-state index in [1.165, 1.54) is 24.0 Å². The number of nitrogens with zero attached hydrogens (tertiary/aromatic N) is 1. The number of nitrogens with one attached hydrogen (secondary N) is 1. The third-order valence-corrected chi connectivity index (χ3v) is 5.22. The molecule has 1 aliphatic carbocycles. The maximum absolute atomic E-state index is 4.33. The van der Waals surface area contributed by atoms with Crippen molar-refractivity contribution in [2.75, 3.05) is 5.32 Å². The molecular formula is C16H16Br2N2. The number of benzene rings is 1. The molecule has 1 fully saturated rings. The third kappa shape index (κ3) is 3.07. The summed E-state index contributed by atoms with van der Waals surface area (Å²) in [5, 5.41) is 3.56. The lowest BCUT2D eigenvalue weighted by Crippen LogP contribution is -2.34. The molecule has 20 heavy (non-hydrogen) atoms. The lowest BCUT2D eigenvalue weighted by molar-refractivity contribution is 0.374. The van der Waals surface area contributed by atoms with Gasteiger partial charge in [0.25, 0.3) is 0 Å². The Morgan fingerprint density at radius 3 is 2.50 bits per heavy atom. The van der Waals surface area contributed by atoms with E-state index in [4.69, 9.17) is 0 Å². The Hall–Kier alpha value is -0.870. The smallest absolute Gasteiger partial charge is 0.109 e. The highest BCUT2D eigenvalue weighted by molar-refractivity contribution is 9.10. The van der Waals surface area contributed by atoms with Crippen LogP contribution < -0.4 is 5.32 Å². The van der Waals surface area contributed by atoms with Crippen molar-refractivity contribution in [2.45, 2.75) is 31.7 Å². The molecule has 0 radical (unpaired) electrons. The summed E-state index contributed by atoms with van der Waals surface area (Å²) >= 11 is 6.91. The first-order chi connectivity index (χ1) is 9.61.